The number of amides is 3. The van der Waals surface area contributed by atoms with Crippen LogP contribution in [0.15, 0.2) is 30.5 Å². The average molecular weight is 422 g/mol. The highest BCUT2D eigenvalue weighted by atomic mass is 16.2. The van der Waals surface area contributed by atoms with Gasteiger partial charge in [-0.05, 0) is 43.9 Å². The van der Waals surface area contributed by atoms with Crippen molar-refractivity contribution in [1.82, 2.24) is 19.8 Å². The van der Waals surface area contributed by atoms with Crippen molar-refractivity contribution in [2.45, 2.75) is 45.1 Å². The minimum atomic E-state index is -0.542. The molecule has 2 aliphatic heterocycles. The molecule has 2 N–H and O–H groups in total. The van der Waals surface area contributed by atoms with Crippen molar-refractivity contribution >= 4 is 17.7 Å². The molecule has 2 saturated heterocycles. The molecule has 3 amide bonds. The highest BCUT2D eigenvalue weighted by Crippen LogP contribution is 2.26. The molecule has 0 aliphatic carbocycles. The molecule has 2 fully saturated rings. The smallest absolute Gasteiger partial charge is 0.253 e. The van der Waals surface area contributed by atoms with E-state index in [1.54, 1.807) is 6.92 Å². The number of nitrogens with zero attached hydrogens (tertiary/aromatic N) is 4. The molecule has 8 heteroatoms. The molecule has 31 heavy (non-hydrogen) atoms. The van der Waals surface area contributed by atoms with E-state index in [1.165, 1.54) is 6.20 Å². The Bertz CT molecular complexity index is 1020. The summed E-state index contributed by atoms with van der Waals surface area (Å²) in [6, 6.07) is 7.54. The Kier molecular flexibility index (Phi) is 5.97. The number of nitrogens with two attached hydrogens (primary N) is 1. The first kappa shape index (κ1) is 21.0. The normalized spacial score (nSPS) is 19.0. The molecular formula is C23H27N5O3. The van der Waals surface area contributed by atoms with Crippen LogP contribution in [0.5, 0.6) is 0 Å². The van der Waals surface area contributed by atoms with Crippen LogP contribution in [0.3, 0.4) is 0 Å². The zero-order valence-electron chi connectivity index (χ0n) is 17.7. The van der Waals surface area contributed by atoms with Crippen molar-refractivity contribution in [3.8, 4) is 0 Å². The van der Waals surface area contributed by atoms with Crippen molar-refractivity contribution in [3.05, 3.63) is 58.7 Å². The summed E-state index contributed by atoms with van der Waals surface area (Å²) in [4.78, 5) is 49.0. The van der Waals surface area contributed by atoms with Gasteiger partial charge in [0.05, 0.1) is 11.3 Å². The average Bonchev–Trinajstić information content (AvgIpc) is 3.17. The lowest BCUT2D eigenvalue weighted by atomic mass is 9.96. The summed E-state index contributed by atoms with van der Waals surface area (Å²) < 4.78 is 0. The number of likely N-dealkylation sites (tertiary alicyclic amines) is 2. The zero-order chi connectivity index (χ0) is 22.0. The van der Waals surface area contributed by atoms with Gasteiger partial charge in [-0.15, -0.1) is 0 Å². The number of primary amides is 1. The fourth-order valence-electron chi connectivity index (χ4n) is 4.37. The van der Waals surface area contributed by atoms with E-state index in [0.717, 1.165) is 31.4 Å². The van der Waals surface area contributed by atoms with Crippen molar-refractivity contribution in [2.75, 3.05) is 19.6 Å². The third kappa shape index (κ3) is 4.57. The largest absolute Gasteiger partial charge is 0.365 e. The zero-order valence-corrected chi connectivity index (χ0v) is 17.7. The number of aromatic nitrogens is 2. The molecule has 3 heterocycles. The first-order valence-electron chi connectivity index (χ1n) is 10.7. The summed E-state index contributed by atoms with van der Waals surface area (Å²) in [6.07, 6.45) is 4.73. The third-order valence-corrected chi connectivity index (χ3v) is 6.06. The second kappa shape index (κ2) is 8.83. The standard InChI is InChI=1S/C23H27N5O3/c1-15-19(21(24)30)12-25-22(26-15)18-7-3-10-28(14-18)23(31)17-6-2-5-16(11-17)13-27-9-4-8-20(27)29/h2,5-6,11-12,18H,3-4,7-10,13-14H2,1H3,(H2,24,30)/t18-/m1/s1. The first-order chi connectivity index (χ1) is 14.9. The summed E-state index contributed by atoms with van der Waals surface area (Å²) in [5.74, 6) is 0.267. The summed E-state index contributed by atoms with van der Waals surface area (Å²) in [5, 5.41) is 0. The molecule has 0 spiro atoms. The van der Waals surface area contributed by atoms with Gasteiger partial charge < -0.3 is 15.5 Å². The Morgan fingerprint density at radius 2 is 2.06 bits per heavy atom. The van der Waals surface area contributed by atoms with Crippen molar-refractivity contribution in [1.29, 1.82) is 0 Å². The van der Waals surface area contributed by atoms with E-state index < -0.39 is 5.91 Å². The Balaban J connectivity index is 1.46. The van der Waals surface area contributed by atoms with Crippen LogP contribution < -0.4 is 5.73 Å². The summed E-state index contributed by atoms with van der Waals surface area (Å²) >= 11 is 0. The third-order valence-electron chi connectivity index (χ3n) is 6.06. The Hall–Kier alpha value is -3.29. The van der Waals surface area contributed by atoms with Gasteiger partial charge in [0.25, 0.3) is 11.8 Å². The number of aryl methyl sites for hydroxylation is 1. The quantitative estimate of drug-likeness (QED) is 0.794. The Morgan fingerprint density at radius 3 is 2.77 bits per heavy atom. The topological polar surface area (TPSA) is 109 Å². The van der Waals surface area contributed by atoms with E-state index in [4.69, 9.17) is 5.73 Å². The van der Waals surface area contributed by atoms with Gasteiger partial charge in [-0.1, -0.05) is 12.1 Å². The van der Waals surface area contributed by atoms with E-state index >= 15 is 0 Å². The van der Waals surface area contributed by atoms with E-state index in [1.807, 2.05) is 34.1 Å². The van der Waals surface area contributed by atoms with Gasteiger partial charge in [-0.2, -0.15) is 0 Å². The van der Waals surface area contributed by atoms with Gasteiger partial charge in [0.2, 0.25) is 5.91 Å². The number of piperidine rings is 1. The van der Waals surface area contributed by atoms with E-state index in [2.05, 4.69) is 9.97 Å². The Labute approximate surface area is 181 Å². The molecular weight excluding hydrogens is 394 g/mol. The van der Waals surface area contributed by atoms with Gasteiger partial charge in [-0.3, -0.25) is 14.4 Å². The molecule has 0 bridgehead atoms. The predicted molar refractivity (Wildman–Crippen MR) is 114 cm³/mol. The van der Waals surface area contributed by atoms with Crippen LogP contribution >= 0.6 is 0 Å². The van der Waals surface area contributed by atoms with Crippen molar-refractivity contribution in [2.24, 2.45) is 5.73 Å². The minimum absolute atomic E-state index is 0.0173. The molecule has 162 valence electrons. The maximum Gasteiger partial charge on any atom is 0.253 e. The van der Waals surface area contributed by atoms with Crippen molar-refractivity contribution < 1.29 is 14.4 Å². The number of hydrogen-bond donors (Lipinski definition) is 1. The fourth-order valence-corrected chi connectivity index (χ4v) is 4.37. The van der Waals surface area contributed by atoms with Gasteiger partial charge in [0.15, 0.2) is 0 Å². The molecule has 2 aliphatic rings. The number of rotatable bonds is 5. The van der Waals surface area contributed by atoms with Crippen LogP contribution in [0.4, 0.5) is 0 Å². The maximum atomic E-state index is 13.2. The Morgan fingerprint density at radius 1 is 1.23 bits per heavy atom. The molecule has 8 nitrogen and oxygen atoms in total. The van der Waals surface area contributed by atoms with Gasteiger partial charge >= 0.3 is 0 Å². The fraction of sp³-hybridized carbons (Fsp3) is 0.435. The summed E-state index contributed by atoms with van der Waals surface area (Å²) in [5.41, 5.74) is 7.83. The monoisotopic (exact) mass is 421 g/mol. The summed E-state index contributed by atoms with van der Waals surface area (Å²) in [7, 11) is 0. The number of carbonyl (C=O) groups is 3. The predicted octanol–water partition coefficient (Wildman–Crippen LogP) is 2.03. The van der Waals surface area contributed by atoms with Crippen LogP contribution in [0, 0.1) is 6.92 Å². The molecule has 1 atom stereocenters. The lowest BCUT2D eigenvalue weighted by Gasteiger charge is -2.32. The number of carbonyl (C=O) groups excluding carboxylic acids is 3. The molecule has 4 rings (SSSR count). The molecule has 0 unspecified atom stereocenters. The van der Waals surface area contributed by atoms with Crippen LogP contribution in [-0.4, -0.2) is 57.1 Å². The highest BCUT2D eigenvalue weighted by Gasteiger charge is 2.28. The van der Waals surface area contributed by atoms with Crippen LogP contribution in [0.1, 0.15) is 69.4 Å². The molecule has 2 aromatic rings. The molecule has 0 saturated carbocycles. The number of benzene rings is 1. The van der Waals surface area contributed by atoms with E-state index in [0.29, 0.717) is 48.7 Å². The van der Waals surface area contributed by atoms with Gasteiger partial charge in [0, 0.05) is 50.3 Å². The van der Waals surface area contributed by atoms with Crippen LogP contribution in [-0.2, 0) is 11.3 Å². The summed E-state index contributed by atoms with van der Waals surface area (Å²) in [6.45, 7) is 4.28. The second-order valence-corrected chi connectivity index (χ2v) is 8.30. The van der Waals surface area contributed by atoms with E-state index in [9.17, 15) is 14.4 Å². The van der Waals surface area contributed by atoms with Crippen LogP contribution in [0.2, 0.25) is 0 Å². The molecule has 1 aromatic heterocycles. The van der Waals surface area contributed by atoms with E-state index in [-0.39, 0.29) is 17.7 Å². The van der Waals surface area contributed by atoms with Gasteiger partial charge in [0.1, 0.15) is 5.82 Å². The lowest BCUT2D eigenvalue weighted by Crippen LogP contribution is -2.39. The SMILES string of the molecule is Cc1nc([C@@H]2CCCN(C(=O)c3cccc(CN4CCCC4=O)c3)C2)ncc1C(N)=O. The minimum Gasteiger partial charge on any atom is -0.365 e. The first-order valence-corrected chi connectivity index (χ1v) is 10.7. The molecule has 0 radical (unpaired) electrons. The van der Waals surface area contributed by atoms with Gasteiger partial charge in [-0.25, -0.2) is 9.97 Å². The highest BCUT2D eigenvalue weighted by molar-refractivity contribution is 5.94. The molecule has 1 aromatic carbocycles. The maximum absolute atomic E-state index is 13.2. The van der Waals surface area contributed by atoms with Crippen LogP contribution in [0.25, 0.3) is 0 Å². The second-order valence-electron chi connectivity index (χ2n) is 8.30. The lowest BCUT2D eigenvalue weighted by molar-refractivity contribution is -0.128. The number of hydrogen-bond acceptors (Lipinski definition) is 5. The van der Waals surface area contributed by atoms with Crippen molar-refractivity contribution in [3.63, 3.8) is 0 Å².